The minimum Gasteiger partial charge on any atom is -0.399 e. The van der Waals surface area contributed by atoms with Crippen LogP contribution < -0.4 is 5.73 Å². The van der Waals surface area contributed by atoms with Crippen LogP contribution in [0.5, 0.6) is 0 Å². The Morgan fingerprint density at radius 1 is 1.00 bits per heavy atom. The van der Waals surface area contributed by atoms with Crippen molar-refractivity contribution in [2.24, 2.45) is 0 Å². The van der Waals surface area contributed by atoms with Crippen molar-refractivity contribution in [3.63, 3.8) is 0 Å². The lowest BCUT2D eigenvalue weighted by Crippen LogP contribution is -1.91. The first kappa shape index (κ1) is 12.1. The summed E-state index contributed by atoms with van der Waals surface area (Å²) >= 11 is 1.95. The van der Waals surface area contributed by atoms with E-state index in [1.165, 1.54) is 11.1 Å². The molecule has 0 radical (unpaired) electrons. The Morgan fingerprint density at radius 2 is 1.65 bits per heavy atom. The van der Waals surface area contributed by atoms with E-state index in [0.29, 0.717) is 5.25 Å². The molecule has 1 unspecified atom stereocenters. The largest absolute Gasteiger partial charge is 0.399 e. The molecule has 0 saturated carbocycles. The summed E-state index contributed by atoms with van der Waals surface area (Å²) < 4.78 is 0. The molecule has 0 bridgehead atoms. The Bertz CT molecular complexity index is 450. The number of nitrogen functional groups attached to an aromatic ring is 1. The van der Waals surface area contributed by atoms with E-state index in [2.05, 4.69) is 49.4 Å². The van der Waals surface area contributed by atoms with Crippen molar-refractivity contribution in [2.45, 2.75) is 17.9 Å². The SMILES string of the molecule is CC(SCc1ccccc1)c1ccc(N)cc1. The van der Waals surface area contributed by atoms with Gasteiger partial charge < -0.3 is 5.73 Å². The molecule has 0 aliphatic rings. The second-order valence-corrected chi connectivity index (χ2v) is 5.43. The van der Waals surface area contributed by atoms with Crippen molar-refractivity contribution in [3.05, 3.63) is 65.7 Å². The van der Waals surface area contributed by atoms with E-state index in [-0.39, 0.29) is 0 Å². The molecule has 17 heavy (non-hydrogen) atoms. The van der Waals surface area contributed by atoms with Crippen LogP contribution in [0.2, 0.25) is 0 Å². The highest BCUT2D eigenvalue weighted by Crippen LogP contribution is 2.31. The molecule has 0 aliphatic carbocycles. The fraction of sp³-hybridized carbons (Fsp3) is 0.200. The number of nitrogens with two attached hydrogens (primary N) is 1. The van der Waals surface area contributed by atoms with E-state index < -0.39 is 0 Å². The van der Waals surface area contributed by atoms with E-state index >= 15 is 0 Å². The summed E-state index contributed by atoms with van der Waals surface area (Å²) in [5, 5.41) is 0.496. The third kappa shape index (κ3) is 3.53. The van der Waals surface area contributed by atoms with Crippen LogP contribution in [-0.4, -0.2) is 0 Å². The van der Waals surface area contributed by atoms with Gasteiger partial charge in [0, 0.05) is 16.7 Å². The minimum absolute atomic E-state index is 0.496. The average Bonchev–Trinajstić information content (AvgIpc) is 2.38. The lowest BCUT2D eigenvalue weighted by Gasteiger charge is -2.11. The second-order valence-electron chi connectivity index (χ2n) is 4.11. The van der Waals surface area contributed by atoms with Crippen LogP contribution >= 0.6 is 11.8 Å². The van der Waals surface area contributed by atoms with E-state index in [1.54, 1.807) is 0 Å². The van der Waals surface area contributed by atoms with Gasteiger partial charge >= 0.3 is 0 Å². The maximum absolute atomic E-state index is 5.69. The Hall–Kier alpha value is -1.41. The van der Waals surface area contributed by atoms with Crippen molar-refractivity contribution in [1.29, 1.82) is 0 Å². The Balaban J connectivity index is 1.93. The molecule has 88 valence electrons. The number of thioether (sulfide) groups is 1. The van der Waals surface area contributed by atoms with Crippen LogP contribution in [0.15, 0.2) is 54.6 Å². The predicted octanol–water partition coefficient (Wildman–Crippen LogP) is 4.26. The van der Waals surface area contributed by atoms with Gasteiger partial charge in [-0.15, -0.1) is 11.8 Å². The molecule has 1 nitrogen and oxygen atoms in total. The molecule has 0 saturated heterocycles. The number of anilines is 1. The van der Waals surface area contributed by atoms with Crippen LogP contribution in [0.3, 0.4) is 0 Å². The fourth-order valence-corrected chi connectivity index (χ4v) is 2.64. The van der Waals surface area contributed by atoms with Crippen molar-refractivity contribution >= 4 is 17.4 Å². The molecule has 2 heteroatoms. The quantitative estimate of drug-likeness (QED) is 0.812. The second kappa shape index (κ2) is 5.78. The van der Waals surface area contributed by atoms with Gasteiger partial charge in [0.25, 0.3) is 0 Å². The van der Waals surface area contributed by atoms with Crippen LogP contribution in [0.4, 0.5) is 5.69 Å². The lowest BCUT2D eigenvalue weighted by molar-refractivity contribution is 1.09. The molecule has 0 heterocycles. The van der Waals surface area contributed by atoms with Crippen molar-refractivity contribution in [3.8, 4) is 0 Å². The summed E-state index contributed by atoms with van der Waals surface area (Å²) in [6.45, 7) is 2.24. The Labute approximate surface area is 107 Å². The van der Waals surface area contributed by atoms with Gasteiger partial charge in [0.2, 0.25) is 0 Å². The minimum atomic E-state index is 0.496. The summed E-state index contributed by atoms with van der Waals surface area (Å²) in [6, 6.07) is 18.7. The molecule has 1 atom stereocenters. The maximum atomic E-state index is 5.69. The van der Waals surface area contributed by atoms with Gasteiger partial charge in [0.1, 0.15) is 0 Å². The molecule has 2 aromatic carbocycles. The van der Waals surface area contributed by atoms with Crippen LogP contribution in [-0.2, 0) is 5.75 Å². The van der Waals surface area contributed by atoms with Gasteiger partial charge in [-0.3, -0.25) is 0 Å². The Morgan fingerprint density at radius 3 is 2.29 bits per heavy atom. The zero-order chi connectivity index (χ0) is 12.1. The number of hydrogen-bond acceptors (Lipinski definition) is 2. The van der Waals surface area contributed by atoms with E-state index in [1.807, 2.05) is 23.9 Å². The summed E-state index contributed by atoms with van der Waals surface area (Å²) in [4.78, 5) is 0. The molecular weight excluding hydrogens is 226 g/mol. The molecule has 2 aromatic rings. The highest BCUT2D eigenvalue weighted by molar-refractivity contribution is 7.98. The zero-order valence-corrected chi connectivity index (χ0v) is 10.8. The molecule has 2 rings (SSSR count). The van der Waals surface area contributed by atoms with Crippen LogP contribution in [0, 0.1) is 0 Å². The van der Waals surface area contributed by atoms with Gasteiger partial charge in [-0.2, -0.15) is 0 Å². The maximum Gasteiger partial charge on any atom is 0.0314 e. The smallest absolute Gasteiger partial charge is 0.0314 e. The molecule has 0 aliphatic heterocycles. The summed E-state index contributed by atoms with van der Waals surface area (Å²) in [6.07, 6.45) is 0. The predicted molar refractivity (Wildman–Crippen MR) is 77.0 cm³/mol. The molecule has 2 N–H and O–H groups in total. The third-order valence-electron chi connectivity index (χ3n) is 2.75. The van der Waals surface area contributed by atoms with E-state index in [9.17, 15) is 0 Å². The number of benzene rings is 2. The molecule has 0 amide bonds. The highest BCUT2D eigenvalue weighted by Gasteiger charge is 2.05. The summed E-state index contributed by atoms with van der Waals surface area (Å²) in [5.41, 5.74) is 9.22. The number of rotatable bonds is 4. The highest BCUT2D eigenvalue weighted by atomic mass is 32.2. The van der Waals surface area contributed by atoms with Crippen molar-refractivity contribution in [1.82, 2.24) is 0 Å². The fourth-order valence-electron chi connectivity index (χ4n) is 1.66. The lowest BCUT2D eigenvalue weighted by atomic mass is 10.1. The standard InChI is InChI=1S/C15H17NS/c1-12(14-7-9-15(16)10-8-14)17-11-13-5-3-2-4-6-13/h2-10,12H,11,16H2,1H3. The monoisotopic (exact) mass is 243 g/mol. The van der Waals surface area contributed by atoms with Crippen LogP contribution in [0.1, 0.15) is 23.3 Å². The van der Waals surface area contributed by atoms with Gasteiger partial charge in [-0.1, -0.05) is 42.5 Å². The first-order valence-corrected chi connectivity index (χ1v) is 6.81. The normalized spacial score (nSPS) is 12.3. The van der Waals surface area contributed by atoms with Crippen molar-refractivity contribution < 1.29 is 0 Å². The van der Waals surface area contributed by atoms with Crippen LogP contribution in [0.25, 0.3) is 0 Å². The van der Waals surface area contributed by atoms with Gasteiger partial charge in [0.15, 0.2) is 0 Å². The molecule has 0 aromatic heterocycles. The first-order chi connectivity index (χ1) is 8.25. The Kier molecular flexibility index (Phi) is 4.10. The van der Waals surface area contributed by atoms with E-state index in [4.69, 9.17) is 5.73 Å². The molecule has 0 spiro atoms. The third-order valence-corrected chi connectivity index (χ3v) is 4.02. The summed E-state index contributed by atoms with van der Waals surface area (Å²) in [5.74, 6) is 1.05. The van der Waals surface area contributed by atoms with Crippen molar-refractivity contribution in [2.75, 3.05) is 5.73 Å². The topological polar surface area (TPSA) is 26.0 Å². The van der Waals surface area contributed by atoms with Gasteiger partial charge in [-0.05, 0) is 30.2 Å². The molecule has 0 fully saturated rings. The average molecular weight is 243 g/mol. The van der Waals surface area contributed by atoms with Gasteiger partial charge in [-0.25, -0.2) is 0 Å². The first-order valence-electron chi connectivity index (χ1n) is 5.76. The van der Waals surface area contributed by atoms with E-state index in [0.717, 1.165) is 11.4 Å². The zero-order valence-electron chi connectivity index (χ0n) is 9.97. The number of hydrogen-bond donors (Lipinski definition) is 1. The van der Waals surface area contributed by atoms with Gasteiger partial charge in [0.05, 0.1) is 0 Å². The summed E-state index contributed by atoms with van der Waals surface area (Å²) in [7, 11) is 0. The molecular formula is C15H17NS.